The Morgan fingerprint density at radius 2 is 1.76 bits per heavy atom. The predicted octanol–water partition coefficient (Wildman–Crippen LogP) is 3.42. The van der Waals surface area contributed by atoms with E-state index in [4.69, 9.17) is 4.74 Å². The van der Waals surface area contributed by atoms with Gasteiger partial charge in [-0.3, -0.25) is 15.0 Å². The van der Waals surface area contributed by atoms with Gasteiger partial charge in [-0.25, -0.2) is 4.39 Å². The molecule has 3 aromatic rings. The Hall–Kier alpha value is -2.80. The molecule has 7 rings (SSSR count). The van der Waals surface area contributed by atoms with Gasteiger partial charge in [0.1, 0.15) is 17.5 Å². The van der Waals surface area contributed by atoms with E-state index in [2.05, 4.69) is 51.9 Å². The number of nitrogens with zero attached hydrogens (tertiary/aromatic N) is 1. The molecule has 3 heterocycles. The van der Waals surface area contributed by atoms with Crippen LogP contribution < -0.4 is 10.6 Å². The van der Waals surface area contributed by atoms with E-state index < -0.39 is 11.1 Å². The molecule has 3 saturated heterocycles. The molecule has 0 aromatic heterocycles. The molecular formula is C28H28FN3O2. The van der Waals surface area contributed by atoms with E-state index in [9.17, 15) is 9.18 Å². The second-order valence-corrected chi connectivity index (χ2v) is 10.2. The SMILES string of the molecule is O=C1NCNC12CCN(C(c1ccc(F)cc1)(C1Cc3cccc4cccc1c34)[C@H]1CO1)CC2. The minimum absolute atomic E-state index is 0.0342. The van der Waals surface area contributed by atoms with Crippen molar-refractivity contribution in [2.24, 2.45) is 0 Å². The minimum atomic E-state index is -0.478. The van der Waals surface area contributed by atoms with Crippen LogP contribution >= 0.6 is 0 Å². The molecule has 1 aliphatic carbocycles. The number of hydrogen-bond donors (Lipinski definition) is 2. The van der Waals surface area contributed by atoms with E-state index >= 15 is 0 Å². The first kappa shape index (κ1) is 20.6. The third kappa shape index (κ3) is 2.79. The molecule has 174 valence electrons. The summed E-state index contributed by atoms with van der Waals surface area (Å²) in [5.74, 6) is 0.0711. The van der Waals surface area contributed by atoms with Gasteiger partial charge in [-0.05, 0) is 58.9 Å². The van der Waals surface area contributed by atoms with Crippen molar-refractivity contribution in [1.82, 2.24) is 15.5 Å². The van der Waals surface area contributed by atoms with E-state index in [1.54, 1.807) is 12.1 Å². The Balaban J connectivity index is 1.37. The van der Waals surface area contributed by atoms with Gasteiger partial charge in [0.05, 0.1) is 18.8 Å². The molecule has 3 aromatic carbocycles. The van der Waals surface area contributed by atoms with Gasteiger partial charge in [-0.2, -0.15) is 0 Å². The lowest BCUT2D eigenvalue weighted by Gasteiger charge is -2.52. The van der Waals surface area contributed by atoms with Gasteiger partial charge < -0.3 is 10.1 Å². The number of hydrogen-bond acceptors (Lipinski definition) is 4. The normalized spacial score (nSPS) is 27.1. The van der Waals surface area contributed by atoms with Gasteiger partial charge in [0.15, 0.2) is 0 Å². The maximum Gasteiger partial charge on any atom is 0.241 e. The van der Waals surface area contributed by atoms with Crippen molar-refractivity contribution in [1.29, 1.82) is 0 Å². The zero-order chi connectivity index (χ0) is 22.9. The third-order valence-electron chi connectivity index (χ3n) is 8.74. The first-order valence-electron chi connectivity index (χ1n) is 12.3. The molecule has 3 atom stereocenters. The zero-order valence-corrected chi connectivity index (χ0v) is 19.0. The molecular weight excluding hydrogens is 429 g/mol. The first-order valence-corrected chi connectivity index (χ1v) is 12.3. The van der Waals surface area contributed by atoms with Crippen LogP contribution in [0.3, 0.4) is 0 Å². The summed E-state index contributed by atoms with van der Waals surface area (Å²) in [4.78, 5) is 15.2. The predicted molar refractivity (Wildman–Crippen MR) is 128 cm³/mol. The minimum Gasteiger partial charge on any atom is -0.371 e. The smallest absolute Gasteiger partial charge is 0.241 e. The van der Waals surface area contributed by atoms with Crippen LogP contribution in [-0.2, 0) is 21.5 Å². The monoisotopic (exact) mass is 457 g/mol. The molecule has 1 amide bonds. The Bertz CT molecular complexity index is 1280. The molecule has 1 spiro atoms. The number of benzene rings is 3. The number of halogens is 1. The molecule has 0 bridgehead atoms. The van der Waals surface area contributed by atoms with E-state index in [-0.39, 0.29) is 23.7 Å². The fourth-order valence-electron chi connectivity index (χ4n) is 7.08. The maximum atomic E-state index is 14.1. The van der Waals surface area contributed by atoms with Crippen molar-refractivity contribution in [2.45, 2.75) is 42.4 Å². The number of carbonyl (C=O) groups excluding carboxylic acids is 1. The van der Waals surface area contributed by atoms with Crippen molar-refractivity contribution < 1.29 is 13.9 Å². The Kier molecular flexibility index (Phi) is 4.44. The summed E-state index contributed by atoms with van der Waals surface area (Å²) >= 11 is 0. The zero-order valence-electron chi connectivity index (χ0n) is 19.0. The van der Waals surface area contributed by atoms with Gasteiger partial charge in [0.2, 0.25) is 5.91 Å². The number of likely N-dealkylation sites (tertiary alicyclic amines) is 1. The number of amides is 1. The molecule has 0 radical (unpaired) electrons. The molecule has 3 aliphatic heterocycles. The van der Waals surface area contributed by atoms with Crippen LogP contribution in [0.5, 0.6) is 0 Å². The molecule has 2 N–H and O–H groups in total. The van der Waals surface area contributed by atoms with Crippen molar-refractivity contribution in [3.63, 3.8) is 0 Å². The fraction of sp³-hybridized carbons (Fsp3) is 0.393. The number of epoxide rings is 1. The average molecular weight is 458 g/mol. The number of piperidine rings is 1. The Morgan fingerprint density at radius 1 is 1.03 bits per heavy atom. The highest BCUT2D eigenvalue weighted by atomic mass is 19.1. The third-order valence-corrected chi connectivity index (χ3v) is 8.74. The molecule has 2 unspecified atom stereocenters. The average Bonchev–Trinajstić information content (AvgIpc) is 3.56. The van der Waals surface area contributed by atoms with Crippen LogP contribution in [0.1, 0.15) is 35.4 Å². The summed E-state index contributed by atoms with van der Waals surface area (Å²) in [6.45, 7) is 2.79. The van der Waals surface area contributed by atoms with Crippen molar-refractivity contribution in [2.75, 3.05) is 26.4 Å². The lowest BCUT2D eigenvalue weighted by atomic mass is 9.69. The van der Waals surface area contributed by atoms with Crippen LogP contribution in [0, 0.1) is 5.82 Å². The van der Waals surface area contributed by atoms with Gasteiger partial charge in [-0.15, -0.1) is 0 Å². The quantitative estimate of drug-likeness (QED) is 0.590. The molecule has 6 heteroatoms. The van der Waals surface area contributed by atoms with E-state index in [0.717, 1.165) is 37.9 Å². The van der Waals surface area contributed by atoms with Crippen LogP contribution in [0.25, 0.3) is 10.8 Å². The number of rotatable bonds is 4. The maximum absolute atomic E-state index is 14.1. The second-order valence-electron chi connectivity index (χ2n) is 10.2. The van der Waals surface area contributed by atoms with Crippen LogP contribution in [0.4, 0.5) is 4.39 Å². The summed E-state index contributed by atoms with van der Waals surface area (Å²) < 4.78 is 20.2. The largest absolute Gasteiger partial charge is 0.371 e. The highest BCUT2D eigenvalue weighted by molar-refractivity contribution is 5.92. The van der Waals surface area contributed by atoms with Crippen molar-refractivity contribution in [3.05, 3.63) is 83.2 Å². The standard InChI is InChI=1S/C28H28FN3O2/c29-21-9-7-20(8-10-21)28(24-16-34-24,32-13-11-27(12-14-32)26(33)30-17-31-27)23-15-19-5-1-3-18-4-2-6-22(23)25(18)19/h1-10,23-24,31H,11-17H2,(H,30,33)/t23?,24-,28?/m1/s1. The van der Waals surface area contributed by atoms with Gasteiger partial charge in [0, 0.05) is 19.0 Å². The van der Waals surface area contributed by atoms with Gasteiger partial charge in [0.25, 0.3) is 0 Å². The molecule has 3 fully saturated rings. The second kappa shape index (κ2) is 7.35. The van der Waals surface area contributed by atoms with E-state index in [1.807, 2.05) is 12.1 Å². The number of nitrogens with one attached hydrogen (secondary N) is 2. The highest BCUT2D eigenvalue weighted by Gasteiger charge is 2.60. The fourth-order valence-corrected chi connectivity index (χ4v) is 7.08. The summed E-state index contributed by atoms with van der Waals surface area (Å²) in [5, 5.41) is 8.99. The summed E-state index contributed by atoms with van der Waals surface area (Å²) in [5.41, 5.74) is 2.93. The molecule has 34 heavy (non-hydrogen) atoms. The number of ether oxygens (including phenoxy) is 1. The first-order chi connectivity index (χ1) is 16.6. The van der Waals surface area contributed by atoms with E-state index in [1.165, 1.54) is 21.9 Å². The molecule has 0 saturated carbocycles. The summed E-state index contributed by atoms with van der Waals surface area (Å²) in [6, 6.07) is 20.2. The summed E-state index contributed by atoms with van der Waals surface area (Å²) in [6.07, 6.45) is 2.46. The van der Waals surface area contributed by atoms with E-state index in [0.29, 0.717) is 13.3 Å². The van der Waals surface area contributed by atoms with Crippen LogP contribution in [0.15, 0.2) is 60.7 Å². The van der Waals surface area contributed by atoms with Gasteiger partial charge in [-0.1, -0.05) is 48.5 Å². The van der Waals surface area contributed by atoms with Crippen molar-refractivity contribution in [3.8, 4) is 0 Å². The Labute approximate surface area is 198 Å². The highest BCUT2D eigenvalue weighted by Crippen LogP contribution is 2.56. The lowest BCUT2D eigenvalue weighted by Crippen LogP contribution is -2.62. The topological polar surface area (TPSA) is 56.9 Å². The lowest BCUT2D eigenvalue weighted by molar-refractivity contribution is -0.127. The summed E-state index contributed by atoms with van der Waals surface area (Å²) in [7, 11) is 0. The molecule has 4 aliphatic rings. The Morgan fingerprint density at radius 3 is 2.44 bits per heavy atom. The molecule has 5 nitrogen and oxygen atoms in total. The van der Waals surface area contributed by atoms with Crippen molar-refractivity contribution >= 4 is 16.7 Å². The van der Waals surface area contributed by atoms with Crippen LogP contribution in [-0.4, -0.2) is 48.8 Å². The van der Waals surface area contributed by atoms with Gasteiger partial charge >= 0.3 is 0 Å². The van der Waals surface area contributed by atoms with Crippen LogP contribution in [0.2, 0.25) is 0 Å². The number of carbonyl (C=O) groups is 1.